The van der Waals surface area contributed by atoms with Crippen LogP contribution >= 0.6 is 15.9 Å². The van der Waals surface area contributed by atoms with Crippen molar-refractivity contribution >= 4 is 34.1 Å². The van der Waals surface area contributed by atoms with Gasteiger partial charge < -0.3 is 9.64 Å². The molecular formula is C11H14BrN3O2. The first-order valence-corrected chi connectivity index (χ1v) is 5.87. The Morgan fingerprint density at radius 3 is 2.88 bits per heavy atom. The number of esters is 1. The van der Waals surface area contributed by atoms with E-state index in [1.165, 1.54) is 6.20 Å². The van der Waals surface area contributed by atoms with Gasteiger partial charge in [0.1, 0.15) is 0 Å². The summed E-state index contributed by atoms with van der Waals surface area (Å²) in [6.07, 6.45) is 3.09. The highest BCUT2D eigenvalue weighted by Gasteiger charge is 2.09. The molecule has 0 aliphatic rings. The lowest BCUT2D eigenvalue weighted by Gasteiger charge is -2.05. The number of carbonyl (C=O) groups is 1. The fourth-order valence-electron chi connectivity index (χ4n) is 1.02. The van der Waals surface area contributed by atoms with Crippen molar-refractivity contribution < 1.29 is 9.53 Å². The second kappa shape index (κ2) is 6.34. The van der Waals surface area contributed by atoms with Crippen LogP contribution in [-0.4, -0.2) is 42.9 Å². The molecule has 1 heterocycles. The van der Waals surface area contributed by atoms with Crippen LogP contribution in [0.3, 0.4) is 0 Å². The zero-order valence-electron chi connectivity index (χ0n) is 9.98. The number of hydrogen-bond acceptors (Lipinski definition) is 4. The van der Waals surface area contributed by atoms with Gasteiger partial charge in [-0.3, -0.25) is 0 Å². The summed E-state index contributed by atoms with van der Waals surface area (Å²) in [5.41, 5.74) is 0.405. The van der Waals surface area contributed by atoms with Gasteiger partial charge in [0.2, 0.25) is 0 Å². The maximum absolute atomic E-state index is 11.4. The van der Waals surface area contributed by atoms with Crippen LogP contribution in [0.1, 0.15) is 17.3 Å². The summed E-state index contributed by atoms with van der Waals surface area (Å²) in [5, 5.41) is 0. The van der Waals surface area contributed by atoms with Gasteiger partial charge in [-0.15, -0.1) is 0 Å². The number of ether oxygens (including phenoxy) is 1. The molecule has 0 fully saturated rings. The van der Waals surface area contributed by atoms with E-state index in [2.05, 4.69) is 25.9 Å². The van der Waals surface area contributed by atoms with Crippen LogP contribution in [0.25, 0.3) is 0 Å². The number of carbonyl (C=O) groups excluding carboxylic acids is 1. The molecule has 17 heavy (non-hydrogen) atoms. The van der Waals surface area contributed by atoms with Crippen molar-refractivity contribution in [2.45, 2.75) is 6.92 Å². The smallest absolute Gasteiger partial charge is 0.339 e. The largest absolute Gasteiger partial charge is 0.462 e. The molecule has 0 saturated heterocycles. The second-order valence-electron chi connectivity index (χ2n) is 3.46. The maximum Gasteiger partial charge on any atom is 0.339 e. The van der Waals surface area contributed by atoms with Crippen molar-refractivity contribution in [3.8, 4) is 0 Å². The molecular weight excluding hydrogens is 286 g/mol. The predicted octanol–water partition coefficient (Wildman–Crippen LogP) is 2.24. The van der Waals surface area contributed by atoms with E-state index in [9.17, 15) is 4.79 Å². The summed E-state index contributed by atoms with van der Waals surface area (Å²) in [4.78, 5) is 21.5. The number of nitrogens with zero attached hydrogens (tertiary/aromatic N) is 3. The maximum atomic E-state index is 11.4. The Bertz CT molecular complexity index is 433. The molecule has 0 aliphatic carbocycles. The highest BCUT2D eigenvalue weighted by Crippen LogP contribution is 2.23. The quantitative estimate of drug-likeness (QED) is 0.486. The summed E-state index contributed by atoms with van der Waals surface area (Å²) in [7, 11) is 3.73. The van der Waals surface area contributed by atoms with Crippen LogP contribution < -0.4 is 0 Å². The molecule has 0 aromatic carbocycles. The van der Waals surface area contributed by atoms with E-state index < -0.39 is 0 Å². The number of aromatic nitrogens is 1. The zero-order valence-corrected chi connectivity index (χ0v) is 11.6. The minimum Gasteiger partial charge on any atom is -0.462 e. The lowest BCUT2D eigenvalue weighted by atomic mass is 10.3. The van der Waals surface area contributed by atoms with Crippen LogP contribution in [0.5, 0.6) is 0 Å². The van der Waals surface area contributed by atoms with E-state index in [1.807, 2.05) is 14.1 Å². The van der Waals surface area contributed by atoms with E-state index >= 15 is 0 Å². The second-order valence-corrected chi connectivity index (χ2v) is 4.31. The van der Waals surface area contributed by atoms with E-state index in [0.717, 1.165) is 0 Å². The Morgan fingerprint density at radius 2 is 2.35 bits per heavy atom. The lowest BCUT2D eigenvalue weighted by molar-refractivity contribution is 0.0526. The topological polar surface area (TPSA) is 54.8 Å². The molecule has 0 bridgehead atoms. The summed E-state index contributed by atoms with van der Waals surface area (Å²) >= 11 is 3.31. The molecule has 0 saturated carbocycles. The van der Waals surface area contributed by atoms with Gasteiger partial charge in [-0.25, -0.2) is 14.8 Å². The Balaban J connectivity index is 2.90. The van der Waals surface area contributed by atoms with Crippen molar-refractivity contribution in [2.24, 2.45) is 4.99 Å². The van der Waals surface area contributed by atoms with Gasteiger partial charge >= 0.3 is 5.97 Å². The first-order chi connectivity index (χ1) is 8.04. The summed E-state index contributed by atoms with van der Waals surface area (Å²) in [6, 6.07) is 1.65. The Kier molecular flexibility index (Phi) is 5.09. The number of aliphatic imine (C=N–C) groups is 1. The molecule has 0 N–H and O–H groups in total. The Morgan fingerprint density at radius 1 is 1.65 bits per heavy atom. The van der Waals surface area contributed by atoms with E-state index in [0.29, 0.717) is 22.5 Å². The lowest BCUT2D eigenvalue weighted by Crippen LogP contribution is -2.07. The average Bonchev–Trinajstić information content (AvgIpc) is 2.27. The van der Waals surface area contributed by atoms with Gasteiger partial charge in [0.25, 0.3) is 0 Å². The van der Waals surface area contributed by atoms with Gasteiger partial charge in [-0.05, 0) is 28.9 Å². The molecule has 0 spiro atoms. The fourth-order valence-corrected chi connectivity index (χ4v) is 1.47. The predicted molar refractivity (Wildman–Crippen MR) is 69.7 cm³/mol. The highest BCUT2D eigenvalue weighted by molar-refractivity contribution is 9.10. The number of rotatable bonds is 4. The first kappa shape index (κ1) is 13.6. The number of hydrogen-bond donors (Lipinski definition) is 0. The van der Waals surface area contributed by atoms with Crippen molar-refractivity contribution in [3.05, 3.63) is 22.3 Å². The van der Waals surface area contributed by atoms with Crippen LogP contribution in [0.2, 0.25) is 0 Å². The van der Waals surface area contributed by atoms with Gasteiger partial charge in [0.05, 0.1) is 23.0 Å². The summed E-state index contributed by atoms with van der Waals surface area (Å²) < 4.78 is 5.53. The number of pyridine rings is 1. The third-order valence-corrected chi connectivity index (χ3v) is 2.33. The summed E-state index contributed by atoms with van der Waals surface area (Å²) in [5.74, 6) is 0.135. The average molecular weight is 300 g/mol. The van der Waals surface area contributed by atoms with Crippen LogP contribution in [0.4, 0.5) is 5.82 Å². The molecule has 0 radical (unpaired) electrons. The van der Waals surface area contributed by atoms with Crippen molar-refractivity contribution in [2.75, 3.05) is 20.7 Å². The van der Waals surface area contributed by atoms with Gasteiger partial charge in [-0.1, -0.05) is 0 Å². The molecule has 92 valence electrons. The zero-order chi connectivity index (χ0) is 12.8. The molecule has 1 aromatic rings. The monoisotopic (exact) mass is 299 g/mol. The molecule has 0 amide bonds. The first-order valence-electron chi connectivity index (χ1n) is 5.08. The standard InChI is InChI=1S/C11H14BrN3O2/c1-4-17-11(16)8-5-9(12)10(13-6-8)14-7-15(2)3/h5-7H,4H2,1-3H3/b14-7+. The third-order valence-electron chi connectivity index (χ3n) is 1.74. The summed E-state index contributed by atoms with van der Waals surface area (Å²) in [6.45, 7) is 2.10. The van der Waals surface area contributed by atoms with E-state index in [1.54, 1.807) is 24.2 Å². The number of halogens is 1. The molecule has 0 atom stereocenters. The van der Waals surface area contributed by atoms with Crippen molar-refractivity contribution in [3.63, 3.8) is 0 Å². The van der Waals surface area contributed by atoms with E-state index in [4.69, 9.17) is 4.74 Å². The third kappa shape index (κ3) is 4.14. The van der Waals surface area contributed by atoms with Gasteiger partial charge in [0.15, 0.2) is 5.82 Å². The molecule has 1 aromatic heterocycles. The molecule has 1 rings (SSSR count). The van der Waals surface area contributed by atoms with E-state index in [-0.39, 0.29) is 5.97 Å². The molecule has 0 unspecified atom stereocenters. The van der Waals surface area contributed by atoms with Crippen molar-refractivity contribution in [1.82, 2.24) is 9.88 Å². The minimum atomic E-state index is -0.385. The van der Waals surface area contributed by atoms with Crippen LogP contribution in [-0.2, 0) is 4.74 Å². The van der Waals surface area contributed by atoms with Gasteiger partial charge in [0, 0.05) is 20.3 Å². The fraction of sp³-hybridized carbons (Fsp3) is 0.364. The van der Waals surface area contributed by atoms with Gasteiger partial charge in [-0.2, -0.15) is 0 Å². The Labute approximate surface area is 109 Å². The van der Waals surface area contributed by atoms with Crippen molar-refractivity contribution in [1.29, 1.82) is 0 Å². The molecule has 0 aliphatic heterocycles. The Hall–Kier alpha value is -1.43. The molecule has 6 heteroatoms. The van der Waals surface area contributed by atoms with Crippen LogP contribution in [0.15, 0.2) is 21.7 Å². The van der Waals surface area contributed by atoms with Crippen LogP contribution in [0, 0.1) is 0 Å². The normalized spacial score (nSPS) is 10.6. The SMILES string of the molecule is CCOC(=O)c1cnc(/N=C/N(C)C)c(Br)c1. The highest BCUT2D eigenvalue weighted by atomic mass is 79.9. The molecule has 5 nitrogen and oxygen atoms in total. The minimum absolute atomic E-state index is 0.344.